The number of benzene rings is 2. The Hall–Kier alpha value is -7.63. The predicted octanol–water partition coefficient (Wildman–Crippen LogP) is -1.54. The van der Waals surface area contributed by atoms with E-state index in [0.29, 0.717) is 24.0 Å². The first kappa shape index (κ1) is 59.7. The molecule has 400 valence electrons. The van der Waals surface area contributed by atoms with E-state index in [-0.39, 0.29) is 63.2 Å². The highest BCUT2D eigenvalue weighted by atomic mass is 16.4. The molecule has 14 N–H and O–H groups in total. The van der Waals surface area contributed by atoms with Crippen LogP contribution in [0, 0.1) is 11.8 Å². The number of carboxylic acids is 2. The number of aliphatic carboxylic acids is 2. The van der Waals surface area contributed by atoms with Gasteiger partial charge in [-0.25, -0.2) is 4.79 Å². The SMILES string of the molecule is CC[C@H](C)[C@H](NC(=O)[C@H](Cc1ccc(O)cc1)NC(=O)[C@@H](N)CCC(=O)O)C(=O)N1CCC[C@H]1C(=O)NCC(=O)NCC(=O)N[C@@H](CCC(N)=O)C(=O)N[C@@H](CC(C)C)C(=O)N[C@@H](Cc1ccccc1)C(=O)O. The van der Waals surface area contributed by atoms with Crippen molar-refractivity contribution in [2.45, 2.75) is 134 Å². The molecule has 24 heteroatoms. The maximum Gasteiger partial charge on any atom is 0.326 e. The van der Waals surface area contributed by atoms with Gasteiger partial charge in [-0.2, -0.15) is 0 Å². The van der Waals surface area contributed by atoms with E-state index < -0.39 is 133 Å². The van der Waals surface area contributed by atoms with Crippen molar-refractivity contribution in [3.8, 4) is 5.75 Å². The van der Waals surface area contributed by atoms with E-state index in [1.165, 1.54) is 29.2 Å². The molecule has 0 unspecified atom stereocenters. The Morgan fingerprint density at radius 3 is 1.85 bits per heavy atom. The van der Waals surface area contributed by atoms with Gasteiger partial charge in [0.15, 0.2) is 0 Å². The molecule has 8 atom stereocenters. The van der Waals surface area contributed by atoms with Gasteiger partial charge in [-0.05, 0) is 67.2 Å². The number of aromatic hydroxyl groups is 1. The topological polar surface area (TPSA) is 388 Å². The molecule has 24 nitrogen and oxygen atoms in total. The smallest absolute Gasteiger partial charge is 0.326 e. The largest absolute Gasteiger partial charge is 0.508 e. The number of hydrogen-bond donors (Lipinski definition) is 12. The van der Waals surface area contributed by atoms with Crippen LogP contribution in [0.25, 0.3) is 0 Å². The Kier molecular flexibility index (Phi) is 24.2. The summed E-state index contributed by atoms with van der Waals surface area (Å²) in [6.45, 7) is 5.84. The van der Waals surface area contributed by atoms with Crippen LogP contribution in [0.5, 0.6) is 5.75 Å². The molecule has 1 heterocycles. The van der Waals surface area contributed by atoms with Crippen molar-refractivity contribution in [1.82, 2.24) is 42.1 Å². The highest BCUT2D eigenvalue weighted by molar-refractivity contribution is 5.97. The van der Waals surface area contributed by atoms with Crippen LogP contribution in [-0.2, 0) is 65.6 Å². The van der Waals surface area contributed by atoms with Crippen molar-refractivity contribution in [3.05, 3.63) is 65.7 Å². The Balaban J connectivity index is 1.64. The molecule has 1 saturated heterocycles. The fourth-order valence-corrected chi connectivity index (χ4v) is 7.81. The third-order valence-corrected chi connectivity index (χ3v) is 12.1. The summed E-state index contributed by atoms with van der Waals surface area (Å²) in [6, 6.07) is 5.61. The lowest BCUT2D eigenvalue weighted by Crippen LogP contribution is -2.59. The number of carboxylic acid groups (broad SMARTS) is 2. The molecule has 73 heavy (non-hydrogen) atoms. The maximum absolute atomic E-state index is 14.2. The van der Waals surface area contributed by atoms with Gasteiger partial charge in [0.2, 0.25) is 53.2 Å². The number of amides is 9. The molecule has 9 amide bonds. The van der Waals surface area contributed by atoms with E-state index in [4.69, 9.17) is 16.6 Å². The first-order chi connectivity index (χ1) is 34.5. The van der Waals surface area contributed by atoms with E-state index in [1.54, 1.807) is 58.0 Å². The molecule has 1 aliphatic rings. The normalized spacial score (nSPS) is 16.0. The Bertz CT molecular complexity index is 2260. The van der Waals surface area contributed by atoms with Gasteiger partial charge in [0, 0.05) is 32.2 Å². The Labute approximate surface area is 422 Å². The lowest BCUT2D eigenvalue weighted by atomic mass is 9.96. The molecular weight excluding hydrogens is 953 g/mol. The molecule has 0 bridgehead atoms. The van der Waals surface area contributed by atoms with Gasteiger partial charge in [-0.1, -0.05) is 76.6 Å². The number of likely N-dealkylation sites (tertiary alicyclic amines) is 1. The number of phenolic OH excluding ortho intramolecular Hbond substituents is 1. The summed E-state index contributed by atoms with van der Waals surface area (Å²) < 4.78 is 0. The first-order valence-electron chi connectivity index (χ1n) is 24.1. The van der Waals surface area contributed by atoms with Crippen molar-refractivity contribution >= 4 is 65.1 Å². The highest BCUT2D eigenvalue weighted by Crippen LogP contribution is 2.22. The van der Waals surface area contributed by atoms with Crippen molar-refractivity contribution < 1.29 is 68.1 Å². The first-order valence-corrected chi connectivity index (χ1v) is 24.1. The zero-order valence-corrected chi connectivity index (χ0v) is 41.5. The van der Waals surface area contributed by atoms with Gasteiger partial charge >= 0.3 is 11.9 Å². The maximum atomic E-state index is 14.2. The molecule has 0 radical (unpaired) electrons. The predicted molar refractivity (Wildman–Crippen MR) is 262 cm³/mol. The summed E-state index contributed by atoms with van der Waals surface area (Å²) in [4.78, 5) is 144. The molecule has 3 rings (SSSR count). The zero-order chi connectivity index (χ0) is 54.4. The van der Waals surface area contributed by atoms with Crippen LogP contribution < -0.4 is 48.7 Å². The van der Waals surface area contributed by atoms with E-state index in [9.17, 15) is 63.0 Å². The summed E-state index contributed by atoms with van der Waals surface area (Å²) >= 11 is 0. The number of primary amides is 1. The van der Waals surface area contributed by atoms with Crippen LogP contribution in [0.3, 0.4) is 0 Å². The number of nitrogens with zero attached hydrogens (tertiary/aromatic N) is 1. The third kappa shape index (κ3) is 20.6. The van der Waals surface area contributed by atoms with Gasteiger partial charge in [-0.3, -0.25) is 47.9 Å². The highest BCUT2D eigenvalue weighted by Gasteiger charge is 2.40. The quantitative estimate of drug-likeness (QED) is 0.0422. The minimum absolute atomic E-state index is 0.0376. The fraction of sp³-hybridized carbons (Fsp3) is 0.531. The lowest BCUT2D eigenvalue weighted by Gasteiger charge is -2.32. The van der Waals surface area contributed by atoms with Crippen LogP contribution in [0.15, 0.2) is 54.6 Å². The van der Waals surface area contributed by atoms with E-state index in [2.05, 4.69) is 37.2 Å². The number of carbonyl (C=O) groups excluding carboxylic acids is 9. The van der Waals surface area contributed by atoms with Crippen molar-refractivity contribution in [2.75, 3.05) is 19.6 Å². The fourth-order valence-electron chi connectivity index (χ4n) is 7.81. The van der Waals surface area contributed by atoms with Crippen LogP contribution in [-0.4, -0.2) is 147 Å². The Morgan fingerprint density at radius 2 is 1.25 bits per heavy atom. The molecule has 2 aromatic rings. The van der Waals surface area contributed by atoms with Gasteiger partial charge in [-0.15, -0.1) is 0 Å². The molecule has 0 spiro atoms. The standard InChI is InChI=1S/C49H70N10O14/c1-5-28(4)42(58-46(69)35(23-30-13-15-31(60)16-14-30)55-43(66)32(50)17-20-41(64)65)48(71)59-21-9-12-37(59)47(70)53-25-39(62)52-26-40(63)54-33(18-19-38(51)61)44(67)56-34(22-27(2)3)45(68)57-36(49(72)73)24-29-10-7-6-8-11-29/h6-8,10-11,13-16,27-28,32-37,42,60H,5,9,12,17-26,50H2,1-4H3,(H2,51,61)(H,52,62)(H,53,70)(H,54,63)(H,55,66)(H,56,67)(H,57,68)(H,58,69)(H,64,65)(H,72,73)/t28-,32-,33-,34-,35-,36-,37-,42-/m0/s1. The van der Waals surface area contributed by atoms with Crippen molar-refractivity contribution in [3.63, 3.8) is 0 Å². The minimum atomic E-state index is -1.42. The lowest BCUT2D eigenvalue weighted by molar-refractivity contribution is -0.143. The van der Waals surface area contributed by atoms with E-state index in [0.717, 1.165) is 0 Å². The summed E-state index contributed by atoms with van der Waals surface area (Å²) in [5, 5.41) is 46.1. The number of nitrogens with two attached hydrogens (primary N) is 2. The Morgan fingerprint density at radius 1 is 0.671 bits per heavy atom. The van der Waals surface area contributed by atoms with E-state index >= 15 is 0 Å². The van der Waals surface area contributed by atoms with Gasteiger partial charge < -0.3 is 68.9 Å². The summed E-state index contributed by atoms with van der Waals surface area (Å²) in [5.41, 5.74) is 12.4. The van der Waals surface area contributed by atoms with Crippen LogP contribution >= 0.6 is 0 Å². The van der Waals surface area contributed by atoms with Crippen molar-refractivity contribution in [2.24, 2.45) is 23.3 Å². The van der Waals surface area contributed by atoms with Crippen LogP contribution in [0.4, 0.5) is 0 Å². The van der Waals surface area contributed by atoms with E-state index in [1.807, 2.05) is 0 Å². The number of carbonyl (C=O) groups is 11. The molecule has 1 aliphatic heterocycles. The van der Waals surface area contributed by atoms with Crippen LogP contribution in [0.1, 0.15) is 90.2 Å². The monoisotopic (exact) mass is 1020 g/mol. The van der Waals surface area contributed by atoms with Gasteiger partial charge in [0.1, 0.15) is 42.0 Å². The molecule has 0 saturated carbocycles. The minimum Gasteiger partial charge on any atom is -0.508 e. The molecule has 1 fully saturated rings. The molecule has 0 aliphatic carbocycles. The summed E-state index contributed by atoms with van der Waals surface area (Å²) in [6.07, 6.45) is -0.299. The zero-order valence-electron chi connectivity index (χ0n) is 41.5. The second kappa shape index (κ2) is 29.7. The second-order valence-corrected chi connectivity index (χ2v) is 18.4. The summed E-state index contributed by atoms with van der Waals surface area (Å²) in [7, 11) is 0. The number of nitrogens with one attached hydrogen (secondary N) is 7. The average Bonchev–Trinajstić information content (AvgIpc) is 3.84. The average molecular weight is 1020 g/mol. The number of hydrogen-bond acceptors (Lipinski definition) is 13. The second-order valence-electron chi connectivity index (χ2n) is 18.4. The third-order valence-electron chi connectivity index (χ3n) is 12.1. The molecule has 0 aromatic heterocycles. The molecule has 2 aromatic carbocycles. The van der Waals surface area contributed by atoms with Gasteiger partial charge in [0.05, 0.1) is 19.1 Å². The van der Waals surface area contributed by atoms with Crippen LogP contribution in [0.2, 0.25) is 0 Å². The molecular formula is C49H70N10O14. The summed E-state index contributed by atoms with van der Waals surface area (Å²) in [5.74, 6) is -10.2. The van der Waals surface area contributed by atoms with Crippen molar-refractivity contribution in [1.29, 1.82) is 0 Å². The number of phenols is 1. The van der Waals surface area contributed by atoms with Gasteiger partial charge in [0.25, 0.3) is 0 Å². The number of rotatable bonds is 30.